The van der Waals surface area contributed by atoms with Gasteiger partial charge in [-0.1, -0.05) is 42.5 Å². The molecule has 200 valence electrons. The average Bonchev–Trinajstić information content (AvgIpc) is 3.42. The number of fused-ring (bicyclic) bond motifs is 9. The summed E-state index contributed by atoms with van der Waals surface area (Å²) in [6, 6.07) is 12.6. The third kappa shape index (κ3) is 2.87. The molecule has 0 aromatic heterocycles. The molecule has 0 radical (unpaired) electrons. The van der Waals surface area contributed by atoms with Crippen LogP contribution in [0.25, 0.3) is 28.3 Å². The molecule has 0 unspecified atom stereocenters. The molecule has 3 aliphatic rings. The predicted octanol–water partition coefficient (Wildman–Crippen LogP) is 10.4. The molecule has 4 aromatic carbocycles. The lowest BCUT2D eigenvalue weighted by atomic mass is 9.63. The molecule has 0 bridgehead atoms. The summed E-state index contributed by atoms with van der Waals surface area (Å²) in [7, 11) is 0. The number of benzene rings is 4. The van der Waals surface area contributed by atoms with Gasteiger partial charge in [0.05, 0.1) is 5.41 Å². The SMILES string of the molecule is [3H]C1([3H])c2ccccc2-c2cc3c(cc21)C=CC31c2c(C)c(C)c(C)c(C)c2C(C)=C(C)c2c(C)c(C)c(C)c(C)c21. The van der Waals surface area contributed by atoms with Gasteiger partial charge in [-0.05, 0) is 193 Å². The molecule has 0 N–H and O–H groups in total. The minimum Gasteiger partial charge on any atom is -0.0645 e. The molecule has 0 heterocycles. The molecular formula is C40H40. The van der Waals surface area contributed by atoms with E-state index in [2.05, 4.69) is 99.6 Å². The van der Waals surface area contributed by atoms with E-state index in [-0.39, 0.29) is 0 Å². The summed E-state index contributed by atoms with van der Waals surface area (Å²) < 4.78 is 18.3. The maximum atomic E-state index is 9.13. The molecular weight excluding hydrogens is 480 g/mol. The van der Waals surface area contributed by atoms with Crippen molar-refractivity contribution in [3.05, 3.63) is 131 Å². The van der Waals surface area contributed by atoms with Crippen LogP contribution in [-0.4, -0.2) is 0 Å². The maximum absolute atomic E-state index is 9.13. The molecule has 0 amide bonds. The van der Waals surface area contributed by atoms with Crippen LogP contribution in [0, 0.1) is 55.4 Å². The van der Waals surface area contributed by atoms with E-state index in [1.165, 1.54) is 83.5 Å². The van der Waals surface area contributed by atoms with Gasteiger partial charge in [-0.3, -0.25) is 0 Å². The summed E-state index contributed by atoms with van der Waals surface area (Å²) in [5.41, 5.74) is 24.7. The zero-order valence-electron chi connectivity index (χ0n) is 27.6. The van der Waals surface area contributed by atoms with Gasteiger partial charge in [0, 0.05) is 2.74 Å². The van der Waals surface area contributed by atoms with Gasteiger partial charge in [0.2, 0.25) is 0 Å². The summed E-state index contributed by atoms with van der Waals surface area (Å²) in [5, 5.41) is 0. The average molecular weight is 525 g/mol. The summed E-state index contributed by atoms with van der Waals surface area (Å²) in [6.45, 7) is 23.1. The Morgan fingerprint density at radius 3 is 1.68 bits per heavy atom. The lowest BCUT2D eigenvalue weighted by Gasteiger charge is -2.38. The van der Waals surface area contributed by atoms with E-state index < -0.39 is 11.8 Å². The van der Waals surface area contributed by atoms with Crippen LogP contribution in [0.15, 0.2) is 42.5 Å². The Morgan fingerprint density at radius 1 is 0.575 bits per heavy atom. The Labute approximate surface area is 243 Å². The van der Waals surface area contributed by atoms with E-state index in [1.54, 1.807) is 0 Å². The van der Waals surface area contributed by atoms with E-state index in [0.717, 1.165) is 27.8 Å². The minimum atomic E-state index is -1.51. The molecule has 0 heteroatoms. The number of rotatable bonds is 0. The molecule has 4 aromatic rings. The monoisotopic (exact) mass is 524 g/mol. The van der Waals surface area contributed by atoms with Crippen LogP contribution in [0.4, 0.5) is 0 Å². The summed E-state index contributed by atoms with van der Waals surface area (Å²) >= 11 is 0. The molecule has 40 heavy (non-hydrogen) atoms. The zero-order chi connectivity index (χ0) is 30.2. The molecule has 0 saturated heterocycles. The lowest BCUT2D eigenvalue weighted by Crippen LogP contribution is -2.31. The second-order valence-electron chi connectivity index (χ2n) is 12.5. The van der Waals surface area contributed by atoms with Crippen molar-refractivity contribution in [1.29, 1.82) is 0 Å². The van der Waals surface area contributed by atoms with E-state index in [9.17, 15) is 0 Å². The topological polar surface area (TPSA) is 0 Å². The third-order valence-electron chi connectivity index (χ3n) is 11.1. The van der Waals surface area contributed by atoms with E-state index in [1.807, 2.05) is 18.2 Å². The van der Waals surface area contributed by atoms with Crippen molar-refractivity contribution in [2.24, 2.45) is 0 Å². The molecule has 0 saturated carbocycles. The first-order valence-electron chi connectivity index (χ1n) is 15.6. The largest absolute Gasteiger partial charge is 0.0658 e. The van der Waals surface area contributed by atoms with Crippen LogP contribution in [-0.2, 0) is 11.8 Å². The Morgan fingerprint density at radius 2 is 1.10 bits per heavy atom. The smallest absolute Gasteiger partial charge is 0.0645 e. The van der Waals surface area contributed by atoms with Crippen LogP contribution < -0.4 is 0 Å². The standard InChI is InChI=1S/C40H40/c1-20-22(3)28(9)38-36(24(20)5)26(7)27(8)37-25(6)21(2)23(4)29(10)39(37)40(38)16-15-31-18-32-17-30-13-11-12-14-33(30)34(32)19-35(31)40/h11-16,18-19H,17H2,1-10H3/i17T2. The minimum absolute atomic E-state index is 0.487. The first-order valence-corrected chi connectivity index (χ1v) is 14.6. The summed E-state index contributed by atoms with van der Waals surface area (Å²) in [5.74, 6) is 0. The third-order valence-corrected chi connectivity index (χ3v) is 11.1. The molecule has 0 aliphatic heterocycles. The predicted molar refractivity (Wildman–Crippen MR) is 173 cm³/mol. The lowest BCUT2D eigenvalue weighted by molar-refractivity contribution is 0.766. The summed E-state index contributed by atoms with van der Waals surface area (Å²) in [4.78, 5) is 0. The van der Waals surface area contributed by atoms with Crippen molar-refractivity contribution >= 4 is 17.2 Å². The number of hydrogen-bond acceptors (Lipinski definition) is 0. The molecule has 0 nitrogen and oxygen atoms in total. The van der Waals surface area contributed by atoms with Crippen LogP contribution in [0.1, 0.15) is 106 Å². The van der Waals surface area contributed by atoms with Crippen LogP contribution in [0.5, 0.6) is 0 Å². The van der Waals surface area contributed by atoms with Crippen LogP contribution in [0.2, 0.25) is 0 Å². The van der Waals surface area contributed by atoms with Crippen LogP contribution in [0.3, 0.4) is 0 Å². The van der Waals surface area contributed by atoms with Crippen molar-refractivity contribution in [3.8, 4) is 11.1 Å². The normalized spacial score (nSPS) is 17.6. The Balaban J connectivity index is 1.74. The molecule has 1 spiro atoms. The fourth-order valence-corrected chi connectivity index (χ4v) is 8.18. The molecule has 7 rings (SSSR count). The highest BCUT2D eigenvalue weighted by atomic mass is 14.5. The Bertz CT molecular complexity index is 1910. The van der Waals surface area contributed by atoms with Gasteiger partial charge in [-0.15, -0.1) is 0 Å². The first kappa shape index (κ1) is 23.1. The van der Waals surface area contributed by atoms with Crippen molar-refractivity contribution in [2.45, 2.75) is 81.0 Å². The Hall–Kier alpha value is -3.64. The molecule has 3 aliphatic carbocycles. The second kappa shape index (κ2) is 8.20. The van der Waals surface area contributed by atoms with Gasteiger partial charge >= 0.3 is 0 Å². The zero-order valence-corrected chi connectivity index (χ0v) is 25.6. The second-order valence-corrected chi connectivity index (χ2v) is 12.5. The first-order chi connectivity index (χ1) is 19.8. The van der Waals surface area contributed by atoms with Crippen molar-refractivity contribution in [3.63, 3.8) is 0 Å². The fourth-order valence-electron chi connectivity index (χ4n) is 8.18. The number of hydrogen-bond donors (Lipinski definition) is 0. The van der Waals surface area contributed by atoms with Gasteiger partial charge < -0.3 is 0 Å². The van der Waals surface area contributed by atoms with Crippen molar-refractivity contribution in [1.82, 2.24) is 0 Å². The summed E-state index contributed by atoms with van der Waals surface area (Å²) in [6.07, 6.45) is 3.23. The maximum Gasteiger partial charge on any atom is 0.0658 e. The van der Waals surface area contributed by atoms with E-state index >= 15 is 0 Å². The quantitative estimate of drug-likeness (QED) is 0.215. The van der Waals surface area contributed by atoms with E-state index in [0.29, 0.717) is 0 Å². The number of allylic oxidation sites excluding steroid dienone is 3. The fraction of sp³-hybridized carbons (Fsp3) is 0.300. The Kier molecular flexibility index (Phi) is 4.73. The highest BCUT2D eigenvalue weighted by Crippen LogP contribution is 2.58. The van der Waals surface area contributed by atoms with Gasteiger partial charge in [0.1, 0.15) is 0 Å². The molecule has 0 fully saturated rings. The van der Waals surface area contributed by atoms with Gasteiger partial charge in [-0.25, -0.2) is 0 Å². The highest BCUT2D eigenvalue weighted by molar-refractivity contribution is 5.99. The van der Waals surface area contributed by atoms with E-state index in [4.69, 9.17) is 2.74 Å². The van der Waals surface area contributed by atoms with Crippen molar-refractivity contribution in [2.75, 3.05) is 0 Å². The van der Waals surface area contributed by atoms with Crippen molar-refractivity contribution < 1.29 is 2.74 Å². The highest BCUT2D eigenvalue weighted by Gasteiger charge is 2.47. The van der Waals surface area contributed by atoms with Gasteiger partial charge in [0.15, 0.2) is 0 Å². The van der Waals surface area contributed by atoms with Gasteiger partial charge in [0.25, 0.3) is 0 Å². The van der Waals surface area contributed by atoms with Crippen LogP contribution >= 0.6 is 0 Å². The molecule has 0 atom stereocenters. The van der Waals surface area contributed by atoms with Gasteiger partial charge in [-0.2, -0.15) is 0 Å².